The van der Waals surface area contributed by atoms with E-state index in [0.717, 1.165) is 51.4 Å². The van der Waals surface area contributed by atoms with Crippen molar-refractivity contribution in [3.05, 3.63) is 0 Å². The molecule has 24 heavy (non-hydrogen) atoms. The zero-order valence-electron chi connectivity index (χ0n) is 15.3. The molecule has 0 aliphatic rings. The highest BCUT2D eigenvalue weighted by Crippen LogP contribution is 2.11. The zero-order chi connectivity index (χ0) is 18.2. The predicted molar refractivity (Wildman–Crippen MR) is 104 cm³/mol. The van der Waals surface area contributed by atoms with E-state index in [1.807, 2.05) is 0 Å². The van der Waals surface area contributed by atoms with Crippen LogP contribution in [0.1, 0.15) is 104 Å². The van der Waals surface area contributed by atoms with Gasteiger partial charge in [-0.1, -0.05) is 78.1 Å². The Hall–Kier alpha value is -0.620. The number of hydrogen-bond acceptors (Lipinski definition) is 4. The maximum absolute atomic E-state index is 11.5. The fourth-order valence-electron chi connectivity index (χ4n) is 2.76. The fourth-order valence-corrected chi connectivity index (χ4v) is 4.37. The minimum atomic E-state index is -2.44. The van der Waals surface area contributed by atoms with Crippen LogP contribution in [0.5, 0.6) is 0 Å². The second kappa shape index (κ2) is 15.9. The van der Waals surface area contributed by atoms with Gasteiger partial charge in [0.2, 0.25) is 20.6 Å². The molecule has 0 aromatic heterocycles. The van der Waals surface area contributed by atoms with Crippen molar-refractivity contribution in [2.45, 2.75) is 104 Å². The lowest BCUT2D eigenvalue weighted by Gasteiger charge is -2.05. The molecule has 0 fully saturated rings. The Kier molecular flexibility index (Phi) is 15.5. The van der Waals surface area contributed by atoms with Crippen LogP contribution in [-0.4, -0.2) is 26.6 Å². The Morgan fingerprint density at radius 2 is 0.792 bits per heavy atom. The molecular weight excluding hydrogens is 344 g/mol. The molecule has 0 aliphatic heterocycles. The standard InChI is InChI=1S/C18H34O4S2/c1-3-5-7-9-10-12-14-16-18(24(21)22)17(23(19)20)15-13-11-8-6-4-2/h3-16H2,1-2H3. The van der Waals surface area contributed by atoms with Crippen LogP contribution >= 0.6 is 0 Å². The monoisotopic (exact) mass is 378 g/mol. The van der Waals surface area contributed by atoms with Gasteiger partial charge in [-0.05, 0) is 25.7 Å². The molecule has 0 aromatic carbocycles. The third kappa shape index (κ3) is 11.8. The van der Waals surface area contributed by atoms with Crippen LogP contribution in [0.2, 0.25) is 0 Å². The summed E-state index contributed by atoms with van der Waals surface area (Å²) in [6.45, 7) is 4.30. The molecule has 0 aliphatic carbocycles. The van der Waals surface area contributed by atoms with Gasteiger partial charge in [-0.15, -0.1) is 0 Å². The molecule has 0 bridgehead atoms. The molecule has 0 saturated heterocycles. The molecule has 4 nitrogen and oxygen atoms in total. The van der Waals surface area contributed by atoms with Crippen LogP contribution < -0.4 is 0 Å². The molecule has 0 rings (SSSR count). The summed E-state index contributed by atoms with van der Waals surface area (Å²) in [5, 5.41) is 0. The summed E-state index contributed by atoms with van der Waals surface area (Å²) in [6.07, 6.45) is 13.4. The van der Waals surface area contributed by atoms with Crippen LogP contribution in [0.4, 0.5) is 0 Å². The summed E-state index contributed by atoms with van der Waals surface area (Å²) in [6, 6.07) is 0. The average Bonchev–Trinajstić information content (AvgIpc) is 2.54. The summed E-state index contributed by atoms with van der Waals surface area (Å²) in [7, 11) is -4.87. The van der Waals surface area contributed by atoms with Gasteiger partial charge >= 0.3 is 0 Å². The maximum Gasteiger partial charge on any atom is 0.218 e. The molecule has 0 amide bonds. The average molecular weight is 379 g/mol. The maximum atomic E-state index is 11.5. The fraction of sp³-hybridized carbons (Fsp3) is 0.889. The van der Waals surface area contributed by atoms with Gasteiger partial charge in [0.25, 0.3) is 0 Å². The molecule has 0 unspecified atom stereocenters. The first-order chi connectivity index (χ1) is 11.5. The van der Waals surface area contributed by atoms with E-state index in [1.54, 1.807) is 0 Å². The van der Waals surface area contributed by atoms with Crippen LogP contribution in [0.3, 0.4) is 0 Å². The second-order valence-electron chi connectivity index (χ2n) is 6.35. The minimum absolute atomic E-state index is 0.103. The van der Waals surface area contributed by atoms with E-state index >= 15 is 0 Å². The van der Waals surface area contributed by atoms with E-state index in [2.05, 4.69) is 13.8 Å². The van der Waals surface area contributed by atoms with E-state index < -0.39 is 20.6 Å². The van der Waals surface area contributed by atoms with Gasteiger partial charge in [0, 0.05) is 0 Å². The topological polar surface area (TPSA) is 68.3 Å². The smallest absolute Gasteiger partial charge is 0.184 e. The van der Waals surface area contributed by atoms with E-state index in [1.165, 1.54) is 25.7 Å². The number of rotatable bonds is 15. The third-order valence-electron chi connectivity index (χ3n) is 4.23. The van der Waals surface area contributed by atoms with Crippen molar-refractivity contribution in [3.63, 3.8) is 0 Å². The SMILES string of the molecule is CCCCCCCCCC(C(CCCCCCC)=S(=O)=O)=S(=O)=O. The first-order valence-electron chi connectivity index (χ1n) is 9.45. The Morgan fingerprint density at radius 3 is 1.08 bits per heavy atom. The largest absolute Gasteiger partial charge is 0.218 e. The van der Waals surface area contributed by atoms with Crippen LogP contribution in [0.15, 0.2) is 0 Å². The predicted octanol–water partition coefficient (Wildman–Crippen LogP) is 4.59. The Morgan fingerprint density at radius 1 is 0.500 bits per heavy atom. The number of unbranched alkanes of at least 4 members (excludes halogenated alkanes) is 10. The van der Waals surface area contributed by atoms with Gasteiger partial charge in [-0.3, -0.25) is 0 Å². The van der Waals surface area contributed by atoms with E-state index in [0.29, 0.717) is 12.8 Å². The van der Waals surface area contributed by atoms with Crippen molar-refractivity contribution in [2.75, 3.05) is 0 Å². The quantitative estimate of drug-likeness (QED) is 0.309. The highest BCUT2D eigenvalue weighted by Gasteiger charge is 2.13. The van der Waals surface area contributed by atoms with Gasteiger partial charge in [-0.2, -0.15) is 16.8 Å². The van der Waals surface area contributed by atoms with Crippen LogP contribution in [0, 0.1) is 0 Å². The summed E-state index contributed by atoms with van der Waals surface area (Å²) in [5.41, 5.74) is 0. The molecular formula is C18H34O4S2. The normalized spacial score (nSPS) is 10.6. The molecule has 0 atom stereocenters. The lowest BCUT2D eigenvalue weighted by atomic mass is 10.0. The van der Waals surface area contributed by atoms with Gasteiger partial charge in [-0.25, -0.2) is 0 Å². The van der Waals surface area contributed by atoms with Gasteiger partial charge in [0.05, 0.1) is 9.73 Å². The van der Waals surface area contributed by atoms with Gasteiger partial charge in [0.1, 0.15) is 0 Å². The lowest BCUT2D eigenvalue weighted by Crippen LogP contribution is -2.16. The van der Waals surface area contributed by atoms with Crippen molar-refractivity contribution in [1.82, 2.24) is 0 Å². The molecule has 0 N–H and O–H groups in total. The Bertz CT molecular complexity index is 571. The molecule has 6 heteroatoms. The van der Waals surface area contributed by atoms with Gasteiger partial charge in [0.15, 0.2) is 0 Å². The molecule has 0 saturated carbocycles. The summed E-state index contributed by atoms with van der Waals surface area (Å²) in [4.78, 5) is 0.207. The minimum Gasteiger partial charge on any atom is -0.184 e. The van der Waals surface area contributed by atoms with E-state index in [4.69, 9.17) is 0 Å². The first-order valence-corrected chi connectivity index (χ1v) is 11.6. The summed E-state index contributed by atoms with van der Waals surface area (Å²) < 4.78 is 45.8. The van der Waals surface area contributed by atoms with E-state index in [-0.39, 0.29) is 9.73 Å². The van der Waals surface area contributed by atoms with Crippen molar-refractivity contribution in [2.24, 2.45) is 0 Å². The van der Waals surface area contributed by atoms with Crippen molar-refractivity contribution in [1.29, 1.82) is 0 Å². The second-order valence-corrected chi connectivity index (χ2v) is 8.28. The first kappa shape index (κ1) is 23.4. The van der Waals surface area contributed by atoms with Crippen molar-refractivity contribution < 1.29 is 16.8 Å². The molecule has 142 valence electrons. The van der Waals surface area contributed by atoms with Gasteiger partial charge < -0.3 is 0 Å². The molecule has 0 aromatic rings. The highest BCUT2D eigenvalue weighted by molar-refractivity contribution is 7.82. The van der Waals surface area contributed by atoms with E-state index in [9.17, 15) is 16.8 Å². The number of hydrogen-bond donors (Lipinski definition) is 0. The van der Waals surface area contributed by atoms with Crippen LogP contribution in [-0.2, 0) is 20.6 Å². The zero-order valence-corrected chi connectivity index (χ0v) is 17.0. The summed E-state index contributed by atoms with van der Waals surface area (Å²) in [5.74, 6) is 0. The summed E-state index contributed by atoms with van der Waals surface area (Å²) >= 11 is 0. The third-order valence-corrected chi connectivity index (χ3v) is 6.06. The highest BCUT2D eigenvalue weighted by atomic mass is 32.2. The molecule has 0 radical (unpaired) electrons. The molecule has 0 spiro atoms. The Labute approximate surface area is 151 Å². The lowest BCUT2D eigenvalue weighted by molar-refractivity contribution is 0.595. The molecule has 0 heterocycles. The van der Waals surface area contributed by atoms with Crippen LogP contribution in [0.25, 0.3) is 0 Å². The van der Waals surface area contributed by atoms with Crippen molar-refractivity contribution in [3.8, 4) is 0 Å². The van der Waals surface area contributed by atoms with Crippen molar-refractivity contribution >= 4 is 30.3 Å². The Balaban J connectivity index is 4.45.